The summed E-state index contributed by atoms with van der Waals surface area (Å²) in [7, 11) is 0. The molecule has 0 radical (unpaired) electrons. The van der Waals surface area contributed by atoms with Crippen LogP contribution < -0.4 is 0 Å². The number of hydrogen-bond acceptors (Lipinski definition) is 3. The zero-order chi connectivity index (χ0) is 24.0. The maximum Gasteiger partial charge on any atom is 0.435 e. The van der Waals surface area contributed by atoms with Gasteiger partial charge in [0.05, 0.1) is 11.3 Å². The van der Waals surface area contributed by atoms with Crippen LogP contribution in [-0.2, 0) is 10.4 Å². The van der Waals surface area contributed by atoms with Crippen LogP contribution in [0.15, 0.2) is 65.8 Å². The van der Waals surface area contributed by atoms with E-state index in [4.69, 9.17) is 28.0 Å². The molecule has 3 aromatic carbocycles. The Bertz CT molecular complexity index is 1260. The molecule has 0 aromatic heterocycles. The molecule has 1 unspecified atom stereocenters. The number of benzene rings is 3. The van der Waals surface area contributed by atoms with Crippen molar-refractivity contribution in [1.82, 2.24) is 0 Å². The van der Waals surface area contributed by atoms with Gasteiger partial charge in [0.15, 0.2) is 0 Å². The lowest BCUT2D eigenvalue weighted by Gasteiger charge is -2.29. The van der Waals surface area contributed by atoms with E-state index >= 15 is 0 Å². The lowest BCUT2D eigenvalue weighted by Crippen LogP contribution is -2.42. The molecule has 0 spiro atoms. The predicted molar refractivity (Wildman–Crippen MR) is 120 cm³/mol. The molecular formula is C24H16Cl2F3NO3. The summed E-state index contributed by atoms with van der Waals surface area (Å²) in [6, 6.07) is 15.2. The van der Waals surface area contributed by atoms with Gasteiger partial charge in [-0.2, -0.15) is 13.2 Å². The van der Waals surface area contributed by atoms with Crippen molar-refractivity contribution >= 4 is 34.9 Å². The second-order valence-electron chi connectivity index (χ2n) is 7.62. The monoisotopic (exact) mass is 493 g/mol. The molecular weight excluding hydrogens is 478 g/mol. The molecule has 1 atom stereocenters. The van der Waals surface area contributed by atoms with Crippen molar-refractivity contribution in [3.63, 3.8) is 0 Å². The van der Waals surface area contributed by atoms with E-state index in [2.05, 4.69) is 5.16 Å². The van der Waals surface area contributed by atoms with Crippen molar-refractivity contribution in [3.8, 4) is 11.1 Å². The zero-order valence-corrected chi connectivity index (χ0v) is 18.6. The molecule has 1 heterocycles. The molecule has 170 valence electrons. The van der Waals surface area contributed by atoms with Crippen LogP contribution in [0.1, 0.15) is 33.5 Å². The first-order chi connectivity index (χ1) is 15.5. The van der Waals surface area contributed by atoms with Crippen molar-refractivity contribution in [2.24, 2.45) is 5.16 Å². The molecule has 0 saturated carbocycles. The molecule has 9 heteroatoms. The first-order valence-corrected chi connectivity index (χ1v) is 10.5. The standard InChI is InChI=1S/C24H16Cl2F3NO3/c1-13-18(7-8-19(22(31)32)21(13)14-5-3-2-4-6-14)20-12-23(33-30-20,24(27,28)29)15-9-16(25)11-17(26)10-15/h2-11H,12H2,1H3,(H,31,32). The van der Waals surface area contributed by atoms with Gasteiger partial charge in [-0.1, -0.05) is 64.8 Å². The molecule has 0 saturated heterocycles. The molecule has 33 heavy (non-hydrogen) atoms. The number of oxime groups is 1. The van der Waals surface area contributed by atoms with Crippen molar-refractivity contribution in [3.05, 3.63) is 93.0 Å². The average molecular weight is 494 g/mol. The Morgan fingerprint density at radius 1 is 1.06 bits per heavy atom. The summed E-state index contributed by atoms with van der Waals surface area (Å²) in [5.74, 6) is -1.15. The summed E-state index contributed by atoms with van der Waals surface area (Å²) in [5.41, 5.74) is -1.11. The predicted octanol–water partition coefficient (Wildman–Crippen LogP) is 7.25. The Morgan fingerprint density at radius 3 is 2.27 bits per heavy atom. The third-order valence-corrected chi connectivity index (χ3v) is 6.02. The Morgan fingerprint density at radius 2 is 1.70 bits per heavy atom. The maximum atomic E-state index is 14.3. The third-order valence-electron chi connectivity index (χ3n) is 5.58. The topological polar surface area (TPSA) is 58.9 Å². The molecule has 0 bridgehead atoms. The van der Waals surface area contributed by atoms with Gasteiger partial charge < -0.3 is 9.94 Å². The van der Waals surface area contributed by atoms with Crippen LogP contribution >= 0.6 is 23.2 Å². The van der Waals surface area contributed by atoms with Crippen LogP contribution in [0.4, 0.5) is 13.2 Å². The highest BCUT2D eigenvalue weighted by Crippen LogP contribution is 2.50. The Kier molecular flexibility index (Phi) is 5.88. The van der Waals surface area contributed by atoms with Crippen LogP contribution in [0.5, 0.6) is 0 Å². The van der Waals surface area contributed by atoms with E-state index in [0.717, 1.165) is 12.1 Å². The summed E-state index contributed by atoms with van der Waals surface area (Å²) in [4.78, 5) is 16.9. The summed E-state index contributed by atoms with van der Waals surface area (Å²) < 4.78 is 42.9. The lowest BCUT2D eigenvalue weighted by atomic mass is 9.84. The van der Waals surface area contributed by atoms with Crippen LogP contribution in [0, 0.1) is 6.92 Å². The van der Waals surface area contributed by atoms with Crippen LogP contribution in [0.2, 0.25) is 10.0 Å². The third kappa shape index (κ3) is 4.07. The zero-order valence-electron chi connectivity index (χ0n) is 17.1. The Hall–Kier alpha value is -3.03. The van der Waals surface area contributed by atoms with Crippen LogP contribution in [0.3, 0.4) is 0 Å². The first-order valence-electron chi connectivity index (χ1n) is 9.74. The summed E-state index contributed by atoms with van der Waals surface area (Å²) in [6.07, 6.45) is -5.46. The van der Waals surface area contributed by atoms with E-state index in [1.165, 1.54) is 18.2 Å². The number of carboxylic acid groups (broad SMARTS) is 1. The Balaban J connectivity index is 1.84. The highest BCUT2D eigenvalue weighted by Gasteiger charge is 2.62. The number of halogens is 5. The van der Waals surface area contributed by atoms with E-state index < -0.39 is 24.2 Å². The molecule has 0 aliphatic carbocycles. The van der Waals surface area contributed by atoms with E-state index in [1.54, 1.807) is 37.3 Å². The number of rotatable bonds is 4. The second kappa shape index (κ2) is 8.39. The Labute approximate surface area is 197 Å². The minimum atomic E-state index is -4.83. The van der Waals surface area contributed by atoms with Gasteiger partial charge in [-0.05, 0) is 47.9 Å². The number of hydrogen-bond donors (Lipinski definition) is 1. The quantitative estimate of drug-likeness (QED) is 0.416. The fraction of sp³-hybridized carbons (Fsp3) is 0.167. The molecule has 1 N–H and O–H groups in total. The molecule has 0 amide bonds. The van der Waals surface area contributed by atoms with Gasteiger partial charge in [0.2, 0.25) is 0 Å². The minimum absolute atomic E-state index is 0.0330. The second-order valence-corrected chi connectivity index (χ2v) is 8.49. The highest BCUT2D eigenvalue weighted by atomic mass is 35.5. The van der Waals surface area contributed by atoms with E-state index in [9.17, 15) is 23.1 Å². The van der Waals surface area contributed by atoms with Gasteiger partial charge in [0, 0.05) is 27.6 Å². The lowest BCUT2D eigenvalue weighted by molar-refractivity contribution is -0.275. The fourth-order valence-corrected chi connectivity index (χ4v) is 4.54. The largest absolute Gasteiger partial charge is 0.478 e. The van der Waals surface area contributed by atoms with Crippen molar-refractivity contribution in [2.75, 3.05) is 0 Å². The van der Waals surface area contributed by atoms with Gasteiger partial charge in [-0.25, -0.2) is 4.79 Å². The van der Waals surface area contributed by atoms with Gasteiger partial charge in [0.25, 0.3) is 5.60 Å². The molecule has 3 aromatic rings. The highest BCUT2D eigenvalue weighted by molar-refractivity contribution is 6.34. The molecule has 4 rings (SSSR count). The maximum absolute atomic E-state index is 14.3. The van der Waals surface area contributed by atoms with Crippen LogP contribution in [0.25, 0.3) is 11.1 Å². The number of carboxylic acids is 1. The van der Waals surface area contributed by atoms with E-state index in [-0.39, 0.29) is 26.9 Å². The molecule has 1 aliphatic heterocycles. The minimum Gasteiger partial charge on any atom is -0.478 e. The number of carbonyl (C=O) groups is 1. The number of alkyl halides is 3. The summed E-state index contributed by atoms with van der Waals surface area (Å²) in [6.45, 7) is 1.65. The van der Waals surface area contributed by atoms with E-state index in [1.807, 2.05) is 0 Å². The molecule has 1 aliphatic rings. The first kappa shape index (κ1) is 23.1. The van der Waals surface area contributed by atoms with Crippen molar-refractivity contribution in [2.45, 2.75) is 25.1 Å². The van der Waals surface area contributed by atoms with Gasteiger partial charge in [-0.15, -0.1) is 0 Å². The average Bonchev–Trinajstić information content (AvgIpc) is 3.20. The number of aromatic carboxylic acids is 1. The van der Waals surface area contributed by atoms with Crippen LogP contribution in [-0.4, -0.2) is 23.0 Å². The van der Waals surface area contributed by atoms with Crippen molar-refractivity contribution in [1.29, 1.82) is 0 Å². The van der Waals surface area contributed by atoms with E-state index in [0.29, 0.717) is 22.3 Å². The number of nitrogens with zero attached hydrogens (tertiary/aromatic N) is 1. The van der Waals surface area contributed by atoms with Gasteiger partial charge in [-0.3, -0.25) is 0 Å². The van der Waals surface area contributed by atoms with Crippen molar-refractivity contribution < 1.29 is 27.9 Å². The summed E-state index contributed by atoms with van der Waals surface area (Å²) >= 11 is 11.9. The van der Waals surface area contributed by atoms with Gasteiger partial charge >= 0.3 is 12.1 Å². The normalized spacial score (nSPS) is 18.1. The smallest absolute Gasteiger partial charge is 0.435 e. The summed E-state index contributed by atoms with van der Waals surface area (Å²) in [5, 5.41) is 13.5. The fourth-order valence-electron chi connectivity index (χ4n) is 4.01. The SMILES string of the molecule is Cc1c(C2=NOC(c3cc(Cl)cc(Cl)c3)(C(F)(F)F)C2)ccc(C(=O)O)c1-c1ccccc1. The molecule has 4 nitrogen and oxygen atoms in total. The molecule has 0 fully saturated rings. The van der Waals surface area contributed by atoms with Gasteiger partial charge in [0.1, 0.15) is 0 Å².